The van der Waals surface area contributed by atoms with Gasteiger partial charge in [-0.15, -0.1) is 0 Å². The van der Waals surface area contributed by atoms with Crippen LogP contribution in [0.15, 0.2) is 54.6 Å². The maximum atomic E-state index is 12.9. The van der Waals surface area contributed by atoms with Crippen molar-refractivity contribution in [3.05, 3.63) is 70.7 Å². The zero-order valence-corrected chi connectivity index (χ0v) is 17.7. The predicted molar refractivity (Wildman–Crippen MR) is 116 cm³/mol. The van der Waals surface area contributed by atoms with Crippen molar-refractivity contribution in [2.24, 2.45) is 11.8 Å². The van der Waals surface area contributed by atoms with Crippen LogP contribution in [0.3, 0.4) is 0 Å². The minimum absolute atomic E-state index is 0.0980. The van der Waals surface area contributed by atoms with Gasteiger partial charge in [-0.25, -0.2) is 0 Å². The van der Waals surface area contributed by atoms with E-state index in [1.165, 1.54) is 11.1 Å². The molecule has 0 saturated carbocycles. The maximum Gasteiger partial charge on any atom is 0.223 e. The molecule has 1 aliphatic rings. The van der Waals surface area contributed by atoms with E-state index in [-0.39, 0.29) is 17.9 Å². The number of carbonyl (C=O) groups is 1. The number of likely N-dealkylation sites (tertiary alicyclic amines) is 1. The molecule has 2 aromatic carbocycles. The molecule has 1 fully saturated rings. The van der Waals surface area contributed by atoms with E-state index >= 15 is 0 Å². The Kier molecular flexibility index (Phi) is 7.52. The molecule has 28 heavy (non-hydrogen) atoms. The van der Waals surface area contributed by atoms with Crippen LogP contribution in [0, 0.1) is 11.8 Å². The Morgan fingerprint density at radius 3 is 2.32 bits per heavy atom. The number of nitrogens with zero attached hydrogens (tertiary/aromatic N) is 1. The molecule has 0 radical (unpaired) electrons. The third kappa shape index (κ3) is 6.08. The van der Waals surface area contributed by atoms with Gasteiger partial charge in [-0.1, -0.05) is 67.9 Å². The fourth-order valence-electron chi connectivity index (χ4n) is 3.93. The zero-order chi connectivity index (χ0) is 19.9. The number of rotatable bonds is 7. The van der Waals surface area contributed by atoms with Crippen molar-refractivity contribution in [1.29, 1.82) is 0 Å². The summed E-state index contributed by atoms with van der Waals surface area (Å²) >= 11 is 5.97. The Morgan fingerprint density at radius 1 is 1.07 bits per heavy atom. The summed E-state index contributed by atoms with van der Waals surface area (Å²) in [5.74, 6) is 0.854. The topological polar surface area (TPSA) is 32.3 Å². The largest absolute Gasteiger partial charge is 0.349 e. The summed E-state index contributed by atoms with van der Waals surface area (Å²) in [6.07, 6.45) is 2.80. The van der Waals surface area contributed by atoms with Gasteiger partial charge >= 0.3 is 0 Å². The lowest BCUT2D eigenvalue weighted by molar-refractivity contribution is -0.127. The van der Waals surface area contributed by atoms with Gasteiger partial charge in [0.1, 0.15) is 0 Å². The lowest BCUT2D eigenvalue weighted by Gasteiger charge is -2.32. The first-order valence-corrected chi connectivity index (χ1v) is 10.7. The summed E-state index contributed by atoms with van der Waals surface area (Å²) in [4.78, 5) is 15.3. The summed E-state index contributed by atoms with van der Waals surface area (Å²) in [5.41, 5.74) is 2.47. The smallest absolute Gasteiger partial charge is 0.223 e. The molecular formula is C24H31ClN2O. The quantitative estimate of drug-likeness (QED) is 0.672. The van der Waals surface area contributed by atoms with Crippen LogP contribution in [0.5, 0.6) is 0 Å². The highest BCUT2D eigenvalue weighted by atomic mass is 35.5. The third-order valence-electron chi connectivity index (χ3n) is 5.50. The molecule has 1 heterocycles. The average molecular weight is 399 g/mol. The highest BCUT2D eigenvalue weighted by Gasteiger charge is 2.27. The van der Waals surface area contributed by atoms with Crippen molar-refractivity contribution < 1.29 is 4.79 Å². The van der Waals surface area contributed by atoms with Gasteiger partial charge in [0.15, 0.2) is 0 Å². The van der Waals surface area contributed by atoms with Gasteiger partial charge in [-0.2, -0.15) is 0 Å². The zero-order valence-electron chi connectivity index (χ0n) is 16.9. The van der Waals surface area contributed by atoms with E-state index in [0.717, 1.165) is 43.9 Å². The van der Waals surface area contributed by atoms with Crippen LogP contribution in [0.1, 0.15) is 50.3 Å². The average Bonchev–Trinajstić information content (AvgIpc) is 2.70. The summed E-state index contributed by atoms with van der Waals surface area (Å²) in [6, 6.07) is 18.5. The molecule has 1 N–H and O–H groups in total. The molecule has 1 unspecified atom stereocenters. The van der Waals surface area contributed by atoms with Crippen LogP contribution in [0.2, 0.25) is 5.02 Å². The van der Waals surface area contributed by atoms with Crippen molar-refractivity contribution in [2.45, 2.75) is 45.7 Å². The van der Waals surface area contributed by atoms with Crippen LogP contribution in [-0.2, 0) is 11.3 Å². The molecule has 3 rings (SSSR count). The molecule has 0 spiro atoms. The number of piperidine rings is 1. The van der Waals surface area contributed by atoms with Crippen molar-refractivity contribution in [1.82, 2.24) is 10.2 Å². The molecule has 1 amide bonds. The van der Waals surface area contributed by atoms with E-state index in [0.29, 0.717) is 5.92 Å². The molecule has 0 aromatic heterocycles. The van der Waals surface area contributed by atoms with Crippen molar-refractivity contribution in [3.8, 4) is 0 Å². The molecule has 0 bridgehead atoms. The molecule has 1 saturated heterocycles. The highest BCUT2D eigenvalue weighted by molar-refractivity contribution is 6.30. The first kappa shape index (κ1) is 20.9. The Morgan fingerprint density at radius 2 is 1.71 bits per heavy atom. The second-order valence-electron chi connectivity index (χ2n) is 8.28. The van der Waals surface area contributed by atoms with Crippen LogP contribution in [-0.4, -0.2) is 23.9 Å². The van der Waals surface area contributed by atoms with E-state index in [1.807, 2.05) is 30.3 Å². The van der Waals surface area contributed by atoms with Gasteiger partial charge in [-0.05, 0) is 61.5 Å². The van der Waals surface area contributed by atoms with Crippen LogP contribution >= 0.6 is 11.6 Å². The number of hydrogen-bond donors (Lipinski definition) is 1. The van der Waals surface area contributed by atoms with E-state index in [4.69, 9.17) is 11.6 Å². The lowest BCUT2D eigenvalue weighted by atomic mass is 9.93. The molecule has 0 aliphatic carbocycles. The van der Waals surface area contributed by atoms with Gasteiger partial charge in [0.25, 0.3) is 0 Å². The summed E-state index contributed by atoms with van der Waals surface area (Å²) in [5, 5.41) is 4.10. The second kappa shape index (κ2) is 10.1. The fourth-order valence-corrected chi connectivity index (χ4v) is 4.05. The number of hydrogen-bond acceptors (Lipinski definition) is 2. The van der Waals surface area contributed by atoms with E-state index < -0.39 is 0 Å². The number of carbonyl (C=O) groups excluding carboxylic acids is 1. The van der Waals surface area contributed by atoms with Gasteiger partial charge < -0.3 is 5.32 Å². The molecule has 3 nitrogen and oxygen atoms in total. The lowest BCUT2D eigenvalue weighted by Crippen LogP contribution is -2.41. The number of halogens is 1. The Balaban J connectivity index is 1.52. The van der Waals surface area contributed by atoms with Crippen LogP contribution in [0.25, 0.3) is 0 Å². The van der Waals surface area contributed by atoms with Crippen molar-refractivity contribution in [2.75, 3.05) is 13.1 Å². The normalized spacial score (nSPS) is 16.9. The maximum absolute atomic E-state index is 12.9. The number of nitrogens with one attached hydrogen (secondary N) is 1. The third-order valence-corrected chi connectivity index (χ3v) is 5.76. The minimum atomic E-state index is 0.0980. The van der Waals surface area contributed by atoms with Gasteiger partial charge in [0.2, 0.25) is 5.91 Å². The molecule has 1 aliphatic heterocycles. The first-order valence-electron chi connectivity index (χ1n) is 10.3. The van der Waals surface area contributed by atoms with E-state index in [1.54, 1.807) is 0 Å². The van der Waals surface area contributed by atoms with Crippen LogP contribution < -0.4 is 5.32 Å². The Bertz CT molecular complexity index is 737. The molecular weight excluding hydrogens is 368 g/mol. The fraction of sp³-hybridized carbons (Fsp3) is 0.458. The highest BCUT2D eigenvalue weighted by Crippen LogP contribution is 2.24. The van der Waals surface area contributed by atoms with Crippen LogP contribution in [0.4, 0.5) is 0 Å². The number of benzene rings is 2. The van der Waals surface area contributed by atoms with Crippen molar-refractivity contribution >= 4 is 17.5 Å². The first-order chi connectivity index (χ1) is 13.5. The summed E-state index contributed by atoms with van der Waals surface area (Å²) in [7, 11) is 0. The van der Waals surface area contributed by atoms with Crippen molar-refractivity contribution in [3.63, 3.8) is 0 Å². The van der Waals surface area contributed by atoms with Gasteiger partial charge in [0, 0.05) is 17.5 Å². The molecule has 150 valence electrons. The number of amides is 1. The van der Waals surface area contributed by atoms with E-state index in [2.05, 4.69) is 48.3 Å². The van der Waals surface area contributed by atoms with Gasteiger partial charge in [0.05, 0.1) is 6.04 Å². The summed E-state index contributed by atoms with van der Waals surface area (Å²) < 4.78 is 0. The molecule has 1 atom stereocenters. The summed E-state index contributed by atoms with van der Waals surface area (Å²) in [6.45, 7) is 7.25. The molecule has 2 aromatic rings. The minimum Gasteiger partial charge on any atom is -0.349 e. The Labute approximate surface area is 174 Å². The van der Waals surface area contributed by atoms with Gasteiger partial charge in [-0.3, -0.25) is 9.69 Å². The SMILES string of the molecule is CC(C)CC(NC(=O)C1CCN(Cc2ccc(Cl)cc2)CC1)c1ccccc1. The monoisotopic (exact) mass is 398 g/mol. The second-order valence-corrected chi connectivity index (χ2v) is 8.71. The standard InChI is InChI=1S/C24H31ClN2O/c1-18(2)16-23(20-6-4-3-5-7-20)26-24(28)21-12-14-27(15-13-21)17-19-8-10-22(25)11-9-19/h3-11,18,21,23H,12-17H2,1-2H3,(H,26,28). The van der Waals surface area contributed by atoms with E-state index in [9.17, 15) is 4.79 Å². The molecule has 4 heteroatoms. The Hall–Kier alpha value is -1.84. The predicted octanol–water partition coefficient (Wildman–Crippen LogP) is 5.46.